The van der Waals surface area contributed by atoms with E-state index in [2.05, 4.69) is 16.3 Å². The lowest BCUT2D eigenvalue weighted by Gasteiger charge is -2.14. The molecule has 0 unspecified atom stereocenters. The average Bonchev–Trinajstić information content (AvgIpc) is 2.30. The minimum absolute atomic E-state index is 0.440. The van der Waals surface area contributed by atoms with Gasteiger partial charge in [-0.05, 0) is 17.5 Å². The summed E-state index contributed by atoms with van der Waals surface area (Å²) in [7, 11) is -1.54. The second kappa shape index (κ2) is 6.20. The standard InChI is InChI=1S/C12H16N3O2S/c1-4-8-6-7-9(5-2)11(10(8)13)14-12(16)15-18(3)17/h4,6-7H,1,5,13H2,2-3H3,(H,14,16)/q-1. The third-order valence-corrected chi connectivity index (χ3v) is 2.83. The second-order valence-electron chi connectivity index (χ2n) is 3.61. The Morgan fingerprint density at radius 3 is 2.78 bits per heavy atom. The van der Waals surface area contributed by atoms with E-state index in [0.717, 1.165) is 11.1 Å². The molecule has 0 saturated heterocycles. The molecule has 1 aromatic carbocycles. The van der Waals surface area contributed by atoms with Crippen LogP contribution in [0.3, 0.4) is 0 Å². The van der Waals surface area contributed by atoms with E-state index in [-0.39, 0.29) is 0 Å². The summed E-state index contributed by atoms with van der Waals surface area (Å²) in [5.41, 5.74) is 8.52. The number of benzene rings is 1. The predicted molar refractivity (Wildman–Crippen MR) is 75.7 cm³/mol. The number of nitrogens with zero attached hydrogens (tertiary/aromatic N) is 1. The molecule has 0 aromatic heterocycles. The Balaban J connectivity index is 3.21. The van der Waals surface area contributed by atoms with E-state index in [4.69, 9.17) is 5.73 Å². The van der Waals surface area contributed by atoms with Gasteiger partial charge >= 0.3 is 6.03 Å². The smallest absolute Gasteiger partial charge is 0.322 e. The number of amides is 2. The molecule has 0 aliphatic heterocycles. The number of carbonyl (C=O) groups excluding carboxylic acids is 1. The molecule has 0 radical (unpaired) electrons. The highest BCUT2D eigenvalue weighted by molar-refractivity contribution is 7.74. The molecule has 3 N–H and O–H groups in total. The summed E-state index contributed by atoms with van der Waals surface area (Å²) in [5.74, 6) is 0. The lowest BCUT2D eigenvalue weighted by molar-refractivity contribution is 0.260. The molecule has 0 saturated carbocycles. The van der Waals surface area contributed by atoms with Crippen molar-refractivity contribution in [3.05, 3.63) is 29.8 Å². The van der Waals surface area contributed by atoms with Gasteiger partial charge in [0.2, 0.25) is 0 Å². The number of anilines is 2. The number of nitrogens with two attached hydrogens (primary N) is 1. The Morgan fingerprint density at radius 2 is 2.28 bits per heavy atom. The zero-order valence-corrected chi connectivity index (χ0v) is 11.2. The van der Waals surface area contributed by atoms with Crippen molar-refractivity contribution in [1.82, 2.24) is 0 Å². The molecule has 5 nitrogen and oxygen atoms in total. The summed E-state index contributed by atoms with van der Waals surface area (Å²) in [6, 6.07) is 3.04. The first-order chi connectivity index (χ1) is 8.49. The molecule has 0 aliphatic rings. The van der Waals surface area contributed by atoms with E-state index in [9.17, 15) is 9.00 Å². The number of rotatable bonds is 3. The molecule has 0 aliphatic carbocycles. The largest absolute Gasteiger partial charge is 0.444 e. The highest BCUT2D eigenvalue weighted by Gasteiger charge is 2.10. The second-order valence-corrected chi connectivity index (χ2v) is 4.64. The highest BCUT2D eigenvalue weighted by atomic mass is 32.2. The lowest BCUT2D eigenvalue weighted by atomic mass is 10.0. The van der Waals surface area contributed by atoms with Crippen LogP contribution in [-0.4, -0.2) is 12.3 Å². The van der Waals surface area contributed by atoms with Gasteiger partial charge in [-0.15, -0.1) is 6.26 Å². The number of aryl methyl sites for hydroxylation is 1. The van der Waals surface area contributed by atoms with Crippen molar-refractivity contribution in [3.8, 4) is 0 Å². The molecular weight excluding hydrogens is 250 g/mol. The summed E-state index contributed by atoms with van der Waals surface area (Å²) in [5, 5.41) is 2.56. The van der Waals surface area contributed by atoms with Crippen LogP contribution in [0.1, 0.15) is 18.1 Å². The van der Waals surface area contributed by atoms with E-state index in [0.29, 0.717) is 17.8 Å². The zero-order valence-electron chi connectivity index (χ0n) is 10.4. The molecule has 0 fully saturated rings. The van der Waals surface area contributed by atoms with Gasteiger partial charge in [0, 0.05) is 0 Å². The van der Waals surface area contributed by atoms with Gasteiger partial charge in [0.05, 0.1) is 11.4 Å². The van der Waals surface area contributed by atoms with E-state index in [1.807, 2.05) is 19.1 Å². The third kappa shape index (κ3) is 3.33. The fourth-order valence-corrected chi connectivity index (χ4v) is 1.83. The Hall–Kier alpha value is -1.82. The van der Waals surface area contributed by atoms with Gasteiger partial charge in [0.15, 0.2) is 0 Å². The van der Waals surface area contributed by atoms with Crippen LogP contribution in [0.15, 0.2) is 23.1 Å². The first kappa shape index (κ1) is 14.2. The fourth-order valence-electron chi connectivity index (χ4n) is 1.55. The SMILES string of the molecule is C=Cc1ccc(CC)c(NC(=O)N=[S-](C)=O)c1N. The van der Waals surface area contributed by atoms with Crippen LogP contribution in [-0.2, 0) is 21.2 Å². The van der Waals surface area contributed by atoms with Crippen LogP contribution in [0.2, 0.25) is 0 Å². The first-order valence-corrected chi connectivity index (χ1v) is 6.91. The van der Waals surface area contributed by atoms with Crippen molar-refractivity contribution in [3.63, 3.8) is 0 Å². The average molecular weight is 266 g/mol. The molecule has 0 heterocycles. The van der Waals surface area contributed by atoms with Crippen molar-refractivity contribution >= 4 is 34.1 Å². The molecule has 1 rings (SSSR count). The highest BCUT2D eigenvalue weighted by Crippen LogP contribution is 2.28. The summed E-state index contributed by atoms with van der Waals surface area (Å²) in [4.78, 5) is 11.5. The first-order valence-electron chi connectivity index (χ1n) is 5.39. The molecule has 98 valence electrons. The quantitative estimate of drug-likeness (QED) is 0.651. The third-order valence-electron chi connectivity index (χ3n) is 2.41. The monoisotopic (exact) mass is 266 g/mol. The van der Waals surface area contributed by atoms with Crippen LogP contribution in [0, 0.1) is 0 Å². The summed E-state index contributed by atoms with van der Waals surface area (Å²) < 4.78 is 14.2. The minimum atomic E-state index is -1.54. The minimum Gasteiger partial charge on any atom is -0.444 e. The van der Waals surface area contributed by atoms with Crippen LogP contribution in [0.4, 0.5) is 16.2 Å². The van der Waals surface area contributed by atoms with E-state index in [1.54, 1.807) is 6.08 Å². The number of nitrogens with one attached hydrogen (secondary N) is 1. The Kier molecular flexibility index (Phi) is 4.91. The normalized spacial score (nSPS) is 12.1. The van der Waals surface area contributed by atoms with Gasteiger partial charge in [0.25, 0.3) is 0 Å². The van der Waals surface area contributed by atoms with E-state index < -0.39 is 16.6 Å². The van der Waals surface area contributed by atoms with Crippen LogP contribution in [0.5, 0.6) is 0 Å². The Morgan fingerprint density at radius 1 is 1.61 bits per heavy atom. The van der Waals surface area contributed by atoms with Crippen molar-refractivity contribution < 1.29 is 9.00 Å². The van der Waals surface area contributed by atoms with Gasteiger partial charge in [0.1, 0.15) is 0 Å². The molecule has 1 aromatic rings. The van der Waals surface area contributed by atoms with E-state index >= 15 is 0 Å². The summed E-state index contributed by atoms with van der Waals surface area (Å²) in [6.45, 7) is 5.60. The van der Waals surface area contributed by atoms with Gasteiger partial charge in [-0.2, -0.15) is 10.6 Å². The maximum absolute atomic E-state index is 11.5. The maximum atomic E-state index is 11.5. The van der Waals surface area contributed by atoms with Crippen LogP contribution >= 0.6 is 0 Å². The molecule has 0 spiro atoms. The maximum Gasteiger partial charge on any atom is 0.322 e. The van der Waals surface area contributed by atoms with Crippen LogP contribution < -0.4 is 11.1 Å². The van der Waals surface area contributed by atoms with Crippen molar-refractivity contribution in [2.24, 2.45) is 4.36 Å². The number of hydrogen-bond acceptors (Lipinski definition) is 4. The summed E-state index contributed by atoms with van der Waals surface area (Å²) >= 11 is 0. The van der Waals surface area contributed by atoms with Gasteiger partial charge in [-0.1, -0.05) is 31.7 Å². The van der Waals surface area contributed by atoms with E-state index in [1.165, 1.54) is 6.26 Å². The number of carbonyl (C=O) groups is 1. The molecule has 0 bridgehead atoms. The van der Waals surface area contributed by atoms with Crippen molar-refractivity contribution in [2.45, 2.75) is 13.3 Å². The van der Waals surface area contributed by atoms with Gasteiger partial charge in [-0.25, -0.2) is 4.79 Å². The Bertz CT molecular complexity index is 561. The van der Waals surface area contributed by atoms with Crippen molar-refractivity contribution in [2.75, 3.05) is 17.3 Å². The topological polar surface area (TPSA) is 84.5 Å². The Labute approximate surface area is 108 Å². The number of urea groups is 1. The molecule has 6 heteroatoms. The molecule has 18 heavy (non-hydrogen) atoms. The molecule has 0 atom stereocenters. The number of hydrogen-bond donors (Lipinski definition) is 2. The summed E-state index contributed by atoms with van der Waals surface area (Å²) in [6.07, 6.45) is 3.65. The van der Waals surface area contributed by atoms with Gasteiger partial charge < -0.3 is 19.6 Å². The lowest BCUT2D eigenvalue weighted by Crippen LogP contribution is -2.11. The van der Waals surface area contributed by atoms with Gasteiger partial charge in [-0.3, -0.25) is 0 Å². The van der Waals surface area contributed by atoms with Crippen molar-refractivity contribution in [1.29, 1.82) is 0 Å². The fraction of sp³-hybridized carbons (Fsp3) is 0.250. The number of nitrogen functional groups attached to an aromatic ring is 1. The van der Waals surface area contributed by atoms with Crippen LogP contribution in [0.25, 0.3) is 6.08 Å². The molecule has 2 amide bonds. The zero-order chi connectivity index (χ0) is 13.7. The molecular formula is C12H16N3O2S-. The predicted octanol–water partition coefficient (Wildman–Crippen LogP) is 2.78.